The van der Waals surface area contributed by atoms with Gasteiger partial charge in [-0.3, -0.25) is 0 Å². The highest BCUT2D eigenvalue weighted by Crippen LogP contribution is 2.27. The van der Waals surface area contributed by atoms with Crippen molar-refractivity contribution in [3.05, 3.63) is 0 Å². The maximum Gasteiger partial charge on any atom is 0.00964 e. The van der Waals surface area contributed by atoms with E-state index in [1.165, 1.54) is 58.2 Å². The van der Waals surface area contributed by atoms with Gasteiger partial charge in [0.15, 0.2) is 0 Å². The third-order valence-corrected chi connectivity index (χ3v) is 4.89. The maximum absolute atomic E-state index is 3.43. The lowest BCUT2D eigenvalue weighted by molar-refractivity contribution is 0.0924. The van der Waals surface area contributed by atoms with Gasteiger partial charge in [0.25, 0.3) is 0 Å². The van der Waals surface area contributed by atoms with Gasteiger partial charge in [0.1, 0.15) is 0 Å². The zero-order valence-electron chi connectivity index (χ0n) is 12.5. The van der Waals surface area contributed by atoms with E-state index in [2.05, 4.69) is 36.3 Å². The molecule has 0 atom stereocenters. The van der Waals surface area contributed by atoms with E-state index in [9.17, 15) is 0 Å². The molecule has 1 saturated heterocycles. The molecule has 1 saturated carbocycles. The molecule has 2 fully saturated rings. The van der Waals surface area contributed by atoms with Crippen molar-refractivity contribution in [3.63, 3.8) is 0 Å². The van der Waals surface area contributed by atoms with E-state index >= 15 is 0 Å². The average molecular weight is 253 g/mol. The first-order valence-electron chi connectivity index (χ1n) is 7.75. The Kier molecular flexibility index (Phi) is 5.46. The smallest absolute Gasteiger partial charge is 0.00964 e. The number of hydrogen-bond donors (Lipinski definition) is 1. The van der Waals surface area contributed by atoms with E-state index in [-0.39, 0.29) is 0 Å². The van der Waals surface area contributed by atoms with Crippen LogP contribution in [0.15, 0.2) is 0 Å². The molecule has 0 aromatic carbocycles. The van der Waals surface area contributed by atoms with Crippen LogP contribution in [0.1, 0.15) is 38.5 Å². The molecule has 2 aliphatic rings. The number of likely N-dealkylation sites (tertiary alicyclic amines) is 1. The molecule has 18 heavy (non-hydrogen) atoms. The van der Waals surface area contributed by atoms with Gasteiger partial charge >= 0.3 is 0 Å². The third kappa shape index (κ3) is 3.94. The normalized spacial score (nSPS) is 32.0. The summed E-state index contributed by atoms with van der Waals surface area (Å²) in [6.07, 6.45) is 8.37. The first-order valence-corrected chi connectivity index (χ1v) is 7.75. The Morgan fingerprint density at radius 2 is 1.61 bits per heavy atom. The Bertz CT molecular complexity index is 226. The molecule has 0 aromatic heterocycles. The van der Waals surface area contributed by atoms with Crippen LogP contribution in [0.5, 0.6) is 0 Å². The van der Waals surface area contributed by atoms with Crippen LogP contribution in [0.25, 0.3) is 0 Å². The summed E-state index contributed by atoms with van der Waals surface area (Å²) in [5, 5.41) is 3.43. The molecule has 0 radical (unpaired) electrons. The predicted octanol–water partition coefficient (Wildman–Crippen LogP) is 1.79. The molecule has 106 valence electrons. The fourth-order valence-corrected chi connectivity index (χ4v) is 3.75. The Hall–Kier alpha value is -0.120. The van der Waals surface area contributed by atoms with Crippen molar-refractivity contribution in [1.82, 2.24) is 15.1 Å². The van der Waals surface area contributed by atoms with Gasteiger partial charge in [0, 0.05) is 18.6 Å². The van der Waals surface area contributed by atoms with E-state index in [4.69, 9.17) is 0 Å². The van der Waals surface area contributed by atoms with E-state index in [0.29, 0.717) is 0 Å². The lowest BCUT2D eigenvalue weighted by Gasteiger charge is -2.41. The summed E-state index contributed by atoms with van der Waals surface area (Å²) in [4.78, 5) is 5.12. The third-order valence-electron chi connectivity index (χ3n) is 4.89. The first kappa shape index (κ1) is 14.3. The summed E-state index contributed by atoms with van der Waals surface area (Å²) in [5.41, 5.74) is 0. The summed E-state index contributed by atoms with van der Waals surface area (Å²) in [6, 6.07) is 1.67. The molecule has 3 heteroatoms. The van der Waals surface area contributed by atoms with Crippen molar-refractivity contribution in [2.24, 2.45) is 5.92 Å². The Balaban J connectivity index is 1.70. The van der Waals surface area contributed by atoms with E-state index in [0.717, 1.165) is 18.0 Å². The summed E-state index contributed by atoms with van der Waals surface area (Å²) < 4.78 is 0. The Morgan fingerprint density at radius 1 is 1.00 bits per heavy atom. The van der Waals surface area contributed by atoms with Gasteiger partial charge in [0.2, 0.25) is 0 Å². The van der Waals surface area contributed by atoms with Crippen molar-refractivity contribution < 1.29 is 0 Å². The highest BCUT2D eigenvalue weighted by Gasteiger charge is 2.28. The molecule has 0 bridgehead atoms. The summed E-state index contributed by atoms with van der Waals surface area (Å²) >= 11 is 0. The minimum atomic E-state index is 0.785. The van der Waals surface area contributed by atoms with Crippen molar-refractivity contribution in [2.45, 2.75) is 50.6 Å². The monoisotopic (exact) mass is 253 g/mol. The maximum atomic E-state index is 3.43. The number of piperidine rings is 1. The van der Waals surface area contributed by atoms with Crippen LogP contribution in [0.4, 0.5) is 0 Å². The molecule has 1 heterocycles. The highest BCUT2D eigenvalue weighted by molar-refractivity contribution is 4.85. The van der Waals surface area contributed by atoms with Crippen LogP contribution >= 0.6 is 0 Å². The Morgan fingerprint density at radius 3 is 2.11 bits per heavy atom. The second-order valence-corrected chi connectivity index (χ2v) is 6.54. The zero-order valence-corrected chi connectivity index (χ0v) is 12.5. The second kappa shape index (κ2) is 6.88. The van der Waals surface area contributed by atoms with Gasteiger partial charge in [-0.1, -0.05) is 0 Å². The Labute approximate surface area is 113 Å². The summed E-state index contributed by atoms with van der Waals surface area (Å²) in [5.74, 6) is 0.935. The minimum Gasteiger partial charge on any atom is -0.317 e. The van der Waals surface area contributed by atoms with Crippen LogP contribution in [0.3, 0.4) is 0 Å². The molecule has 0 aromatic rings. The van der Waals surface area contributed by atoms with Crippen molar-refractivity contribution in [1.29, 1.82) is 0 Å². The number of nitrogens with zero attached hydrogens (tertiary/aromatic N) is 2. The highest BCUT2D eigenvalue weighted by atomic mass is 15.2. The molecule has 0 unspecified atom stereocenters. The van der Waals surface area contributed by atoms with E-state index in [1.54, 1.807) is 0 Å². The fraction of sp³-hybridized carbons (Fsp3) is 1.00. The van der Waals surface area contributed by atoms with Crippen LogP contribution < -0.4 is 5.32 Å². The van der Waals surface area contributed by atoms with Crippen LogP contribution in [0, 0.1) is 5.92 Å². The summed E-state index contributed by atoms with van der Waals surface area (Å²) in [7, 11) is 6.51. The first-order chi connectivity index (χ1) is 8.69. The number of rotatable bonds is 4. The molecule has 1 aliphatic carbocycles. The van der Waals surface area contributed by atoms with Crippen LogP contribution in [-0.2, 0) is 0 Å². The van der Waals surface area contributed by atoms with E-state index in [1.807, 2.05) is 0 Å². The number of hydrogen-bond acceptors (Lipinski definition) is 3. The van der Waals surface area contributed by atoms with Gasteiger partial charge in [-0.15, -0.1) is 0 Å². The largest absolute Gasteiger partial charge is 0.317 e. The lowest BCUT2D eigenvalue weighted by Crippen LogP contribution is -2.46. The molecular formula is C15H31N3. The lowest BCUT2D eigenvalue weighted by atomic mass is 9.87. The predicted molar refractivity (Wildman–Crippen MR) is 78.0 cm³/mol. The van der Waals surface area contributed by atoms with Gasteiger partial charge in [-0.05, 0) is 78.7 Å². The molecular weight excluding hydrogens is 222 g/mol. The standard InChI is InChI=1S/C15H31N3/c1-16-14-4-6-15(7-5-14)18-10-8-13(9-11-18)12-17(2)3/h13-16H,4-12H2,1-3H3. The fourth-order valence-electron chi connectivity index (χ4n) is 3.75. The van der Waals surface area contributed by atoms with Gasteiger partial charge in [-0.2, -0.15) is 0 Å². The van der Waals surface area contributed by atoms with Crippen molar-refractivity contribution >= 4 is 0 Å². The molecule has 3 nitrogen and oxygen atoms in total. The van der Waals surface area contributed by atoms with Crippen molar-refractivity contribution in [3.8, 4) is 0 Å². The zero-order chi connectivity index (χ0) is 13.0. The van der Waals surface area contributed by atoms with Gasteiger partial charge < -0.3 is 15.1 Å². The SMILES string of the molecule is CNC1CCC(N2CCC(CN(C)C)CC2)CC1. The molecule has 0 spiro atoms. The molecule has 1 N–H and O–H groups in total. The van der Waals surface area contributed by atoms with E-state index < -0.39 is 0 Å². The van der Waals surface area contributed by atoms with Crippen molar-refractivity contribution in [2.75, 3.05) is 40.8 Å². The van der Waals surface area contributed by atoms with Crippen LogP contribution in [-0.4, -0.2) is 62.7 Å². The molecule has 2 rings (SSSR count). The number of nitrogens with one attached hydrogen (secondary N) is 1. The second-order valence-electron chi connectivity index (χ2n) is 6.54. The minimum absolute atomic E-state index is 0.785. The quantitative estimate of drug-likeness (QED) is 0.824. The molecule has 0 amide bonds. The molecule has 1 aliphatic heterocycles. The summed E-state index contributed by atoms with van der Waals surface area (Å²) in [6.45, 7) is 3.96. The van der Waals surface area contributed by atoms with Gasteiger partial charge in [-0.25, -0.2) is 0 Å². The average Bonchev–Trinajstić information content (AvgIpc) is 2.39. The van der Waals surface area contributed by atoms with Gasteiger partial charge in [0.05, 0.1) is 0 Å². The van der Waals surface area contributed by atoms with Crippen LogP contribution in [0.2, 0.25) is 0 Å². The topological polar surface area (TPSA) is 18.5 Å².